The molecule has 1 N–H and O–H groups in total. The summed E-state index contributed by atoms with van der Waals surface area (Å²) in [7, 11) is 0. The molecule has 3 aliphatic rings. The molecular weight excluding hydrogens is 1010 g/mol. The number of rotatable bonds is 45. The molecule has 0 spiro atoms. The first kappa shape index (κ1) is 68.8. The Labute approximate surface area is 475 Å². The van der Waals surface area contributed by atoms with Crippen molar-refractivity contribution in [3.63, 3.8) is 0 Å². The first-order valence-electron chi connectivity index (χ1n) is 31.4. The lowest BCUT2D eigenvalue weighted by Gasteiger charge is -2.39. The summed E-state index contributed by atoms with van der Waals surface area (Å²) < 4.78 is 40.4. The van der Waals surface area contributed by atoms with Crippen LogP contribution in [-0.4, -0.2) is 119 Å². The Morgan fingerprint density at radius 2 is 0.975 bits per heavy atom. The molecule has 1 amide bonds. The van der Waals surface area contributed by atoms with Crippen LogP contribution in [-0.2, 0) is 61.9 Å². The van der Waals surface area contributed by atoms with Gasteiger partial charge >= 0.3 is 41.9 Å². The van der Waals surface area contributed by atoms with E-state index in [1.807, 2.05) is 12.2 Å². The fraction of sp³-hybridized carbons (Fsp3) is 0.825. The summed E-state index contributed by atoms with van der Waals surface area (Å²) in [5.41, 5.74) is -1.48. The van der Waals surface area contributed by atoms with Crippen molar-refractivity contribution < 1.29 is 66.7 Å². The number of carbonyl (C=O) groups excluding carboxylic acids is 7. The Bertz CT molecular complexity index is 1700. The molecule has 4 unspecified atom stereocenters. The van der Waals surface area contributed by atoms with Crippen molar-refractivity contribution >= 4 is 41.9 Å². The molecule has 2 saturated carbocycles. The molecule has 3 rings (SSSR count). The molecule has 16 heteroatoms. The number of fused-ring (bicyclic) bond motifs is 1. The van der Waals surface area contributed by atoms with Gasteiger partial charge in [-0.2, -0.15) is 0 Å². The third-order valence-electron chi connectivity index (χ3n) is 15.6. The third-order valence-corrected chi connectivity index (χ3v) is 15.6. The van der Waals surface area contributed by atoms with Gasteiger partial charge in [0.25, 0.3) is 0 Å². The lowest BCUT2D eigenvalue weighted by Crippen LogP contribution is -2.44. The summed E-state index contributed by atoms with van der Waals surface area (Å²) in [6.07, 6.45) is 33.2. The lowest BCUT2D eigenvalue weighted by molar-refractivity contribution is -0.173. The van der Waals surface area contributed by atoms with E-state index < -0.39 is 55.3 Å². The van der Waals surface area contributed by atoms with Crippen LogP contribution in [0.1, 0.15) is 239 Å². The van der Waals surface area contributed by atoms with E-state index in [2.05, 4.69) is 43.1 Å². The molecule has 1 heterocycles. The topological polar surface area (TPSA) is 199 Å². The number of esters is 6. The van der Waals surface area contributed by atoms with Gasteiger partial charge in [0.05, 0.1) is 19.1 Å². The summed E-state index contributed by atoms with van der Waals surface area (Å²) in [6.45, 7) is 8.73. The molecular formula is C63H106N2O14. The van der Waals surface area contributed by atoms with E-state index in [1.54, 1.807) is 0 Å². The van der Waals surface area contributed by atoms with Crippen molar-refractivity contribution in [3.8, 4) is 0 Å². The maximum atomic E-state index is 13.9. The van der Waals surface area contributed by atoms with Crippen LogP contribution in [0.15, 0.2) is 24.3 Å². The second-order valence-corrected chi connectivity index (χ2v) is 22.7. The van der Waals surface area contributed by atoms with Crippen LogP contribution < -0.4 is 5.32 Å². The fourth-order valence-corrected chi connectivity index (χ4v) is 10.7. The van der Waals surface area contributed by atoms with Gasteiger partial charge in [-0.3, -0.25) is 28.8 Å². The van der Waals surface area contributed by atoms with Crippen LogP contribution in [0.2, 0.25) is 0 Å². The molecule has 0 aromatic heterocycles. The molecule has 452 valence electrons. The smallest absolute Gasteiger partial charge is 0.407 e. The molecule has 1 aliphatic heterocycles. The molecule has 0 aromatic carbocycles. The number of amides is 1. The number of nitrogens with one attached hydrogen (secondary N) is 1. The van der Waals surface area contributed by atoms with Gasteiger partial charge < -0.3 is 43.4 Å². The van der Waals surface area contributed by atoms with Crippen LogP contribution in [0.4, 0.5) is 4.79 Å². The predicted octanol–water partition coefficient (Wildman–Crippen LogP) is 13.0. The molecule has 1 saturated heterocycles. The number of hydrogen-bond donors (Lipinski definition) is 1. The zero-order valence-electron chi connectivity index (χ0n) is 49.4. The zero-order chi connectivity index (χ0) is 57.0. The number of ether oxygens (including phenoxy) is 7. The number of hydrogen-bond acceptors (Lipinski definition) is 15. The first-order chi connectivity index (χ1) is 38.4. The normalized spacial score (nSPS) is 17.9. The van der Waals surface area contributed by atoms with Crippen LogP contribution in [0.5, 0.6) is 0 Å². The van der Waals surface area contributed by atoms with Crippen LogP contribution in [0, 0.1) is 23.2 Å². The molecule has 4 atom stereocenters. The highest BCUT2D eigenvalue weighted by Gasteiger charge is 2.41. The fourth-order valence-electron chi connectivity index (χ4n) is 10.7. The largest absolute Gasteiger partial charge is 0.465 e. The first-order valence-corrected chi connectivity index (χ1v) is 31.4. The maximum absolute atomic E-state index is 13.9. The van der Waals surface area contributed by atoms with E-state index in [0.29, 0.717) is 83.0 Å². The molecule has 79 heavy (non-hydrogen) atoms. The van der Waals surface area contributed by atoms with Crippen molar-refractivity contribution in [2.24, 2.45) is 23.2 Å². The monoisotopic (exact) mass is 1110 g/mol. The molecule has 16 nitrogen and oxygen atoms in total. The molecule has 0 bridgehead atoms. The van der Waals surface area contributed by atoms with Crippen molar-refractivity contribution in [2.75, 3.05) is 65.8 Å². The Kier molecular flexibility index (Phi) is 38.5. The number of alkyl carbamates (subject to hydrolysis) is 1. The summed E-state index contributed by atoms with van der Waals surface area (Å²) in [5, 5.41) is 2.87. The minimum atomic E-state index is -1.48. The Hall–Kier alpha value is -4.47. The van der Waals surface area contributed by atoms with E-state index in [9.17, 15) is 33.6 Å². The van der Waals surface area contributed by atoms with Gasteiger partial charge in [-0.05, 0) is 141 Å². The second-order valence-electron chi connectivity index (χ2n) is 22.7. The Balaban J connectivity index is 1.69. The van der Waals surface area contributed by atoms with Gasteiger partial charge in [0.15, 0.2) is 0 Å². The number of unbranched alkanes of at least 4 members (excludes halogenated alkanes) is 11. The summed E-state index contributed by atoms with van der Waals surface area (Å²) in [4.78, 5) is 94.6. The minimum Gasteiger partial charge on any atom is -0.465 e. The van der Waals surface area contributed by atoms with Crippen LogP contribution in [0.3, 0.4) is 0 Å². The number of allylic oxidation sites excluding steroid dienone is 2. The van der Waals surface area contributed by atoms with Gasteiger partial charge in [-0.1, -0.05) is 116 Å². The van der Waals surface area contributed by atoms with Gasteiger partial charge in [-0.15, -0.1) is 0 Å². The van der Waals surface area contributed by atoms with Gasteiger partial charge in [-0.25, -0.2) is 4.79 Å². The van der Waals surface area contributed by atoms with Crippen molar-refractivity contribution in [2.45, 2.75) is 245 Å². The summed E-state index contributed by atoms with van der Waals surface area (Å²) in [5.74, 6) is -2.07. The quantitative estimate of drug-likeness (QED) is 0.0261. The summed E-state index contributed by atoms with van der Waals surface area (Å²) >= 11 is 0. The average molecular weight is 1120 g/mol. The highest BCUT2D eigenvalue weighted by Crippen LogP contribution is 2.43. The van der Waals surface area contributed by atoms with E-state index >= 15 is 0 Å². The maximum Gasteiger partial charge on any atom is 0.407 e. The van der Waals surface area contributed by atoms with Crippen molar-refractivity contribution in [3.05, 3.63) is 24.3 Å². The van der Waals surface area contributed by atoms with E-state index in [0.717, 1.165) is 110 Å². The molecule has 0 radical (unpaired) electrons. The number of likely N-dealkylation sites (tertiary alicyclic amines) is 1. The minimum absolute atomic E-state index is 0.0164. The van der Waals surface area contributed by atoms with Gasteiger partial charge in [0.2, 0.25) is 0 Å². The highest BCUT2D eigenvalue weighted by molar-refractivity contribution is 5.73. The van der Waals surface area contributed by atoms with Gasteiger partial charge in [0, 0.05) is 45.2 Å². The predicted molar refractivity (Wildman–Crippen MR) is 306 cm³/mol. The van der Waals surface area contributed by atoms with Crippen LogP contribution in [0.25, 0.3) is 0 Å². The zero-order valence-corrected chi connectivity index (χ0v) is 49.4. The van der Waals surface area contributed by atoms with E-state index in [-0.39, 0.29) is 69.0 Å². The number of carbonyl (C=O) groups is 7. The average Bonchev–Trinajstić information content (AvgIpc) is 3.99. The second kappa shape index (κ2) is 44.2. The van der Waals surface area contributed by atoms with Crippen molar-refractivity contribution in [1.29, 1.82) is 0 Å². The Morgan fingerprint density at radius 1 is 0.494 bits per heavy atom. The SMILES string of the molecule is CCCCC/C=C\CCOC(=O)CCCCC(=O)OCC(COC(=O)CCCCC(=O)OCC/C=C\CCCCC)(COC(=O)CCC(CCCCCC)OC(=O)NCCN1CCCC1)COC(=O)C1CCC2CCCCC2C1. The lowest BCUT2D eigenvalue weighted by atomic mass is 9.67. The Morgan fingerprint density at radius 3 is 1.52 bits per heavy atom. The summed E-state index contributed by atoms with van der Waals surface area (Å²) in [6, 6.07) is 0. The van der Waals surface area contributed by atoms with E-state index in [4.69, 9.17) is 33.2 Å². The standard InChI is InChI=1S/C63H106N2O14/c1-4-7-10-13-15-17-28-45-73-56(66)33-22-24-35-58(68)75-48-63(51-78-61(71)54-38-37-52-30-20-21-31-53(52)47-54,49-76-59(69)36-25-23-34-57(67)74-46-29-18-16-14-11-8-5-2)50-77-60(70)40-39-55(32-19-12-9-6-3)79-62(72)64-41-44-65-42-26-27-43-65/h15-18,52-55H,4-14,19-51H2,1-3H3,(H,64,72)/b17-15-,18-16-. The van der Waals surface area contributed by atoms with Crippen LogP contribution >= 0.6 is 0 Å². The van der Waals surface area contributed by atoms with Gasteiger partial charge in [0.1, 0.15) is 37.9 Å². The number of nitrogens with zero attached hydrogens (tertiary/aromatic N) is 1. The van der Waals surface area contributed by atoms with Crippen molar-refractivity contribution in [1.82, 2.24) is 10.2 Å². The van der Waals surface area contributed by atoms with E-state index in [1.165, 1.54) is 38.5 Å². The molecule has 3 fully saturated rings. The molecule has 2 aliphatic carbocycles. The third kappa shape index (κ3) is 33.8. The highest BCUT2D eigenvalue weighted by atomic mass is 16.6. The molecule has 0 aromatic rings.